The number of anilines is 1. The van der Waals surface area contributed by atoms with Gasteiger partial charge in [-0.2, -0.15) is 16.8 Å². The fourth-order valence-electron chi connectivity index (χ4n) is 1.76. The van der Waals surface area contributed by atoms with Gasteiger partial charge in [0.1, 0.15) is 4.90 Å². The molecule has 0 unspecified atom stereocenters. The largest absolute Gasteiger partial charge is 0.324 e. The third kappa shape index (κ3) is 3.93. The summed E-state index contributed by atoms with van der Waals surface area (Å²) in [5.41, 5.74) is 2.71. The van der Waals surface area contributed by atoms with E-state index in [-0.39, 0.29) is 10.8 Å². The molecule has 0 aromatic heterocycles. The molecular weight excluding hydrogens is 332 g/mol. The molecule has 10 heteroatoms. The molecule has 0 saturated carbocycles. The first-order valence-electron chi connectivity index (χ1n) is 6.12. The number of nitrogens with one attached hydrogen (secondary N) is 1. The van der Waals surface area contributed by atoms with Crippen LogP contribution in [-0.2, 0) is 20.2 Å². The number of nitrogen functional groups attached to an aromatic ring is 1. The molecule has 0 saturated heterocycles. The average molecular weight is 348 g/mol. The molecule has 0 fully saturated rings. The Morgan fingerprint density at radius 2 is 1.55 bits per heavy atom. The molecule has 8 nitrogen and oxygen atoms in total. The number of hydrazine groups is 1. The summed E-state index contributed by atoms with van der Waals surface area (Å²) in [6.07, 6.45) is 0. The van der Waals surface area contributed by atoms with Crippen LogP contribution in [0.2, 0.25) is 0 Å². The maximum absolute atomic E-state index is 11.3. The van der Waals surface area contributed by atoms with Gasteiger partial charge in [-0.1, -0.05) is 19.9 Å². The van der Waals surface area contributed by atoms with Crippen LogP contribution in [0.3, 0.4) is 0 Å². The minimum Gasteiger partial charge on any atom is -0.324 e. The van der Waals surface area contributed by atoms with Crippen LogP contribution in [0.5, 0.6) is 0 Å². The van der Waals surface area contributed by atoms with E-state index in [0.29, 0.717) is 11.8 Å². The number of benzene rings is 2. The Bertz CT molecular complexity index is 891. The summed E-state index contributed by atoms with van der Waals surface area (Å²) >= 11 is 0. The first-order chi connectivity index (χ1) is 10.1. The second-order valence-corrected chi connectivity index (χ2v) is 6.76. The van der Waals surface area contributed by atoms with Gasteiger partial charge in [-0.25, -0.2) is 0 Å². The summed E-state index contributed by atoms with van der Waals surface area (Å²) < 4.78 is 63.1. The van der Waals surface area contributed by atoms with Crippen molar-refractivity contribution in [2.75, 3.05) is 5.43 Å². The van der Waals surface area contributed by atoms with Gasteiger partial charge in [-0.05, 0) is 29.7 Å². The van der Waals surface area contributed by atoms with Crippen molar-refractivity contribution in [1.29, 1.82) is 0 Å². The van der Waals surface area contributed by atoms with Crippen molar-refractivity contribution in [3.8, 4) is 0 Å². The third-order valence-corrected chi connectivity index (χ3v) is 4.36. The van der Waals surface area contributed by atoms with Gasteiger partial charge in [0.15, 0.2) is 0 Å². The summed E-state index contributed by atoms with van der Waals surface area (Å²) in [6, 6.07) is 5.92. The van der Waals surface area contributed by atoms with Gasteiger partial charge in [-0.15, -0.1) is 0 Å². The van der Waals surface area contributed by atoms with Crippen molar-refractivity contribution >= 4 is 36.7 Å². The van der Waals surface area contributed by atoms with Gasteiger partial charge in [-0.3, -0.25) is 14.9 Å². The van der Waals surface area contributed by atoms with E-state index < -0.39 is 30.0 Å². The highest BCUT2D eigenvalue weighted by Gasteiger charge is 2.20. The molecule has 0 atom stereocenters. The van der Waals surface area contributed by atoms with E-state index in [1.54, 1.807) is 0 Å². The zero-order chi connectivity index (χ0) is 17.1. The number of rotatable bonds is 3. The molecule has 2 rings (SSSR count). The summed E-state index contributed by atoms with van der Waals surface area (Å²) in [4.78, 5) is -1.27. The lowest BCUT2D eigenvalue weighted by Gasteiger charge is -2.08. The van der Waals surface area contributed by atoms with E-state index >= 15 is 0 Å². The van der Waals surface area contributed by atoms with Crippen LogP contribution in [0.25, 0.3) is 10.8 Å². The summed E-state index contributed by atoms with van der Waals surface area (Å²) in [7, 11) is -9.28. The fourth-order valence-corrected chi connectivity index (χ4v) is 3.12. The molecule has 2 aromatic rings. The first-order valence-corrected chi connectivity index (χ1v) is 9.00. The smallest absolute Gasteiger partial charge is 0.295 e. The molecule has 122 valence electrons. The van der Waals surface area contributed by atoms with Crippen LogP contribution >= 0.6 is 0 Å². The van der Waals surface area contributed by atoms with Crippen LogP contribution in [0.4, 0.5) is 5.69 Å². The van der Waals surface area contributed by atoms with Crippen molar-refractivity contribution in [3.63, 3.8) is 0 Å². The number of fused-ring (bicyclic) bond motifs is 1. The number of nitrogens with two attached hydrogens (primary N) is 1. The van der Waals surface area contributed by atoms with E-state index in [1.807, 2.05) is 13.8 Å². The molecule has 0 bridgehead atoms. The number of hydrogen-bond donors (Lipinski definition) is 4. The predicted molar refractivity (Wildman–Crippen MR) is 82.7 cm³/mol. The van der Waals surface area contributed by atoms with Crippen molar-refractivity contribution in [2.45, 2.75) is 23.6 Å². The molecule has 0 amide bonds. The molecule has 0 aliphatic heterocycles. The van der Waals surface area contributed by atoms with E-state index in [9.17, 15) is 16.8 Å². The lowest BCUT2D eigenvalue weighted by molar-refractivity contribution is 0.482. The van der Waals surface area contributed by atoms with Crippen molar-refractivity contribution in [3.05, 3.63) is 30.3 Å². The Morgan fingerprint density at radius 3 is 2.00 bits per heavy atom. The van der Waals surface area contributed by atoms with Crippen LogP contribution < -0.4 is 11.3 Å². The Labute approximate surface area is 128 Å². The maximum Gasteiger partial charge on any atom is 0.295 e. The molecule has 0 radical (unpaired) electrons. The van der Waals surface area contributed by atoms with Crippen LogP contribution in [-0.4, -0.2) is 25.9 Å². The summed E-state index contributed by atoms with van der Waals surface area (Å²) in [5, 5.41) is 0.266. The van der Waals surface area contributed by atoms with Crippen LogP contribution in [0.15, 0.2) is 40.1 Å². The standard InChI is InChI=1S/C10H10N2O6S2.C2H6/c11-12-7-1-2-9-6(3-7)4-8(19(13,14)15)5-10(9)20(16,17)18;1-2/h1-5,12H,11H2,(H,13,14,15)(H,16,17,18);1-2H3. The Balaban J connectivity index is 0.00000116. The van der Waals surface area contributed by atoms with Crippen molar-refractivity contribution < 1.29 is 25.9 Å². The molecule has 0 aliphatic carbocycles. The van der Waals surface area contributed by atoms with Gasteiger partial charge in [0.25, 0.3) is 20.2 Å². The SMILES string of the molecule is CC.NNc1ccc2c(S(=O)(=O)O)cc(S(=O)(=O)O)cc2c1. The van der Waals surface area contributed by atoms with Crippen LogP contribution in [0.1, 0.15) is 13.8 Å². The highest BCUT2D eigenvalue weighted by Crippen LogP contribution is 2.29. The van der Waals surface area contributed by atoms with E-state index in [2.05, 4.69) is 5.43 Å². The van der Waals surface area contributed by atoms with E-state index in [0.717, 1.165) is 6.07 Å². The maximum atomic E-state index is 11.3. The van der Waals surface area contributed by atoms with Gasteiger partial charge >= 0.3 is 0 Å². The topological polar surface area (TPSA) is 147 Å². The van der Waals surface area contributed by atoms with Crippen molar-refractivity contribution in [2.24, 2.45) is 5.84 Å². The first kappa shape index (κ1) is 18.3. The normalized spacial score (nSPS) is 11.7. The Hall–Kier alpha value is -1.72. The summed E-state index contributed by atoms with van der Waals surface area (Å²) in [6.45, 7) is 4.00. The monoisotopic (exact) mass is 348 g/mol. The molecule has 5 N–H and O–H groups in total. The third-order valence-electron chi connectivity index (χ3n) is 2.63. The van der Waals surface area contributed by atoms with Gasteiger partial charge in [0.05, 0.1) is 4.90 Å². The number of hydrogen-bond acceptors (Lipinski definition) is 6. The zero-order valence-corrected chi connectivity index (χ0v) is 13.4. The lowest BCUT2D eigenvalue weighted by Crippen LogP contribution is -2.07. The fraction of sp³-hybridized carbons (Fsp3) is 0.167. The molecule has 0 aliphatic rings. The highest BCUT2D eigenvalue weighted by atomic mass is 32.2. The Kier molecular flexibility index (Phi) is 5.49. The summed E-state index contributed by atoms with van der Waals surface area (Å²) in [5.74, 6) is 5.20. The zero-order valence-electron chi connectivity index (χ0n) is 11.8. The van der Waals surface area contributed by atoms with Gasteiger partial charge < -0.3 is 5.43 Å². The predicted octanol–water partition coefficient (Wildman–Crippen LogP) is 1.64. The van der Waals surface area contributed by atoms with E-state index in [4.69, 9.17) is 14.9 Å². The highest BCUT2D eigenvalue weighted by molar-refractivity contribution is 7.86. The van der Waals surface area contributed by atoms with Crippen molar-refractivity contribution in [1.82, 2.24) is 0 Å². The van der Waals surface area contributed by atoms with E-state index in [1.165, 1.54) is 18.2 Å². The molecule has 0 heterocycles. The molecular formula is C12H16N2O6S2. The lowest BCUT2D eigenvalue weighted by atomic mass is 10.1. The second kappa shape index (κ2) is 6.58. The quantitative estimate of drug-likeness (QED) is 0.372. The average Bonchev–Trinajstić information content (AvgIpc) is 2.45. The Morgan fingerprint density at radius 1 is 0.955 bits per heavy atom. The van der Waals surface area contributed by atoms with Gasteiger partial charge in [0.2, 0.25) is 0 Å². The van der Waals surface area contributed by atoms with Gasteiger partial charge in [0, 0.05) is 11.1 Å². The second-order valence-electron chi connectivity index (χ2n) is 3.95. The molecule has 22 heavy (non-hydrogen) atoms. The molecule has 2 aromatic carbocycles. The minimum absolute atomic E-state index is 0.0962. The minimum atomic E-state index is -4.66. The van der Waals surface area contributed by atoms with Crippen LogP contribution in [0, 0.1) is 0 Å². The molecule has 0 spiro atoms.